The highest BCUT2D eigenvalue weighted by Gasteiger charge is 2.21. The molecule has 0 saturated carbocycles. The Bertz CT molecular complexity index is 3270. The maximum absolute atomic E-state index is 13.4. The van der Waals surface area contributed by atoms with Crippen molar-refractivity contribution in [3.8, 4) is 17.2 Å². The predicted molar refractivity (Wildman–Crippen MR) is 265 cm³/mol. The van der Waals surface area contributed by atoms with E-state index in [0.29, 0.717) is 44.1 Å². The standard InChI is InChI=1S/C31H23N5O3S2.C21H19N3O/c1-19-17-32-29(40-19)28(37)34-22-9-6-10-23(15-22)39-24-12-13-25-26(14-11-21-7-4-3-5-8-21)35-36(27(25)16-24)31(38)30-33-18-20(2)41-30;22-16-7-4-8-17(13-16)25-18-10-11-19-20(23-24-21(19)14-18)12-9-15-5-2-1-3-6-15/h3-18H,1-2H3,(H,34,37);1-9,12-14H,10-11,22H2,(H,23,24)/b14-11+;12-9+. The van der Waals surface area contributed by atoms with Crippen LogP contribution in [0.15, 0.2) is 146 Å². The van der Waals surface area contributed by atoms with Crippen molar-refractivity contribution in [2.45, 2.75) is 26.7 Å². The fourth-order valence-corrected chi connectivity index (χ4v) is 8.45. The maximum Gasteiger partial charge on any atom is 0.307 e. The Morgan fingerprint density at radius 1 is 0.697 bits per heavy atom. The van der Waals surface area contributed by atoms with Crippen LogP contribution in [0.5, 0.6) is 17.2 Å². The number of carbonyl (C=O) groups is 2. The Labute approximate surface area is 388 Å². The second-order valence-electron chi connectivity index (χ2n) is 15.2. The molecule has 0 aliphatic heterocycles. The maximum atomic E-state index is 13.4. The lowest BCUT2D eigenvalue weighted by molar-refractivity contribution is 0.0949. The largest absolute Gasteiger partial charge is 0.462 e. The number of H-pyrrole nitrogens is 1. The molecule has 1 amide bonds. The first-order valence-corrected chi connectivity index (χ1v) is 22.6. The highest BCUT2D eigenvalue weighted by atomic mass is 32.1. The number of nitrogens with two attached hydrogens (primary N) is 1. The van der Waals surface area contributed by atoms with Crippen LogP contribution < -0.4 is 20.5 Å². The molecule has 0 radical (unpaired) electrons. The molecule has 5 aromatic carbocycles. The summed E-state index contributed by atoms with van der Waals surface area (Å²) < 4.78 is 13.5. The molecule has 0 atom stereocenters. The summed E-state index contributed by atoms with van der Waals surface area (Å²) in [7, 11) is 0. The summed E-state index contributed by atoms with van der Waals surface area (Å²) in [5, 5.41) is 16.6. The molecule has 1 aliphatic carbocycles. The lowest BCUT2D eigenvalue weighted by Crippen LogP contribution is -2.13. The van der Waals surface area contributed by atoms with Gasteiger partial charge in [0, 0.05) is 75.2 Å². The number of anilines is 2. The van der Waals surface area contributed by atoms with E-state index < -0.39 is 0 Å². The smallest absolute Gasteiger partial charge is 0.307 e. The van der Waals surface area contributed by atoms with E-state index in [1.807, 2.05) is 117 Å². The number of carbonyl (C=O) groups excluding carboxylic acids is 2. The predicted octanol–water partition coefficient (Wildman–Crippen LogP) is 12.0. The van der Waals surface area contributed by atoms with Gasteiger partial charge in [0.05, 0.1) is 22.6 Å². The monoisotopic (exact) mass is 906 g/mol. The number of hydrogen-bond acceptors (Lipinski definition) is 11. The number of nitrogens with one attached hydrogen (secondary N) is 2. The molecule has 326 valence electrons. The number of benzene rings is 5. The van der Waals surface area contributed by atoms with Gasteiger partial charge in [0.25, 0.3) is 5.91 Å². The van der Waals surface area contributed by atoms with E-state index >= 15 is 0 Å². The fraction of sp³-hybridized carbons (Fsp3) is 0.0769. The third kappa shape index (κ3) is 10.4. The van der Waals surface area contributed by atoms with Crippen molar-refractivity contribution in [1.82, 2.24) is 29.9 Å². The van der Waals surface area contributed by atoms with E-state index in [9.17, 15) is 9.59 Å². The minimum Gasteiger partial charge on any atom is -0.462 e. The molecule has 10 rings (SSSR count). The van der Waals surface area contributed by atoms with Gasteiger partial charge in [-0.15, -0.1) is 22.7 Å². The normalized spacial score (nSPS) is 12.1. The van der Waals surface area contributed by atoms with Gasteiger partial charge < -0.3 is 20.5 Å². The van der Waals surface area contributed by atoms with Crippen LogP contribution in [0.25, 0.3) is 41.3 Å². The van der Waals surface area contributed by atoms with E-state index in [4.69, 9.17) is 15.2 Å². The Balaban J connectivity index is 0.000000187. The zero-order chi connectivity index (χ0) is 45.4. The van der Waals surface area contributed by atoms with Crippen molar-refractivity contribution in [1.29, 1.82) is 0 Å². The lowest BCUT2D eigenvalue weighted by atomic mass is 9.99. The van der Waals surface area contributed by atoms with Gasteiger partial charge in [0.1, 0.15) is 23.0 Å². The summed E-state index contributed by atoms with van der Waals surface area (Å²) in [5.74, 6) is 2.12. The van der Waals surface area contributed by atoms with Crippen LogP contribution >= 0.6 is 22.7 Å². The molecule has 0 bridgehead atoms. The molecule has 0 fully saturated rings. The lowest BCUT2D eigenvalue weighted by Gasteiger charge is -2.15. The molecule has 9 aromatic rings. The average molecular weight is 907 g/mol. The van der Waals surface area contributed by atoms with Gasteiger partial charge in [-0.25, -0.2) is 9.97 Å². The number of aryl methyl sites for hydroxylation is 2. The number of rotatable bonds is 11. The van der Waals surface area contributed by atoms with Crippen LogP contribution in [0.3, 0.4) is 0 Å². The molecule has 0 spiro atoms. The Kier molecular flexibility index (Phi) is 12.8. The van der Waals surface area contributed by atoms with Gasteiger partial charge in [-0.1, -0.05) is 84.9 Å². The third-order valence-electron chi connectivity index (χ3n) is 10.3. The summed E-state index contributed by atoms with van der Waals surface area (Å²) in [5.41, 5.74) is 13.7. The Morgan fingerprint density at radius 2 is 1.35 bits per heavy atom. The fourth-order valence-electron chi connectivity index (χ4n) is 7.11. The quantitative estimate of drug-likeness (QED) is 0.107. The number of aromatic nitrogens is 6. The minimum atomic E-state index is -0.313. The number of nitrogen functional groups attached to an aromatic ring is 1. The van der Waals surface area contributed by atoms with Crippen molar-refractivity contribution >= 4 is 87.1 Å². The number of amides is 1. The van der Waals surface area contributed by atoms with E-state index in [-0.39, 0.29) is 11.8 Å². The van der Waals surface area contributed by atoms with E-state index in [1.165, 1.54) is 32.9 Å². The SMILES string of the molecule is Cc1cnc(C(=O)Nc2cccc(Oc3ccc4c(/C=C/c5ccccc5)nn(C(=O)c5ncc(C)s5)c4c3)c2)s1.Nc1cccc(OC2=Cc3[nH]nc(/C=C/c4ccccc4)c3CC2)c1. The molecule has 4 N–H and O–H groups in total. The first-order valence-electron chi connectivity index (χ1n) is 21.0. The number of nitrogens with zero attached hydrogens (tertiary/aromatic N) is 5. The van der Waals surface area contributed by atoms with E-state index in [0.717, 1.165) is 62.0 Å². The second kappa shape index (κ2) is 19.7. The third-order valence-corrected chi connectivity index (χ3v) is 12.1. The van der Waals surface area contributed by atoms with Crippen LogP contribution in [-0.4, -0.2) is 41.8 Å². The average Bonchev–Trinajstić information content (AvgIpc) is 4.15. The molecule has 14 heteroatoms. The van der Waals surface area contributed by atoms with Crippen LogP contribution in [0, 0.1) is 13.8 Å². The molecule has 4 heterocycles. The van der Waals surface area contributed by atoms with Crippen molar-refractivity contribution in [3.63, 3.8) is 0 Å². The van der Waals surface area contributed by atoms with Crippen molar-refractivity contribution in [3.05, 3.63) is 199 Å². The summed E-state index contributed by atoms with van der Waals surface area (Å²) in [4.78, 5) is 36.3. The van der Waals surface area contributed by atoms with Gasteiger partial charge in [-0.3, -0.25) is 14.7 Å². The van der Waals surface area contributed by atoms with Gasteiger partial charge in [0.15, 0.2) is 10.0 Å². The summed E-state index contributed by atoms with van der Waals surface area (Å²) in [6.07, 6.45) is 15.1. The topological polar surface area (TPSA) is 163 Å². The second-order valence-corrected chi connectivity index (χ2v) is 17.7. The summed E-state index contributed by atoms with van der Waals surface area (Å²) in [6, 6.07) is 40.2. The zero-order valence-corrected chi connectivity index (χ0v) is 37.5. The van der Waals surface area contributed by atoms with Crippen molar-refractivity contribution in [2.24, 2.45) is 0 Å². The first kappa shape index (κ1) is 43.1. The number of allylic oxidation sites excluding steroid dienone is 1. The van der Waals surface area contributed by atoms with Crippen LogP contribution in [0.4, 0.5) is 11.4 Å². The minimum absolute atomic E-state index is 0.280. The number of fused-ring (bicyclic) bond motifs is 2. The molecule has 1 aliphatic rings. The van der Waals surface area contributed by atoms with Gasteiger partial charge in [0.2, 0.25) is 0 Å². The van der Waals surface area contributed by atoms with Crippen LogP contribution in [-0.2, 0) is 6.42 Å². The van der Waals surface area contributed by atoms with Gasteiger partial charge >= 0.3 is 5.91 Å². The van der Waals surface area contributed by atoms with Gasteiger partial charge in [-0.05, 0) is 79.9 Å². The molecular weight excluding hydrogens is 865 g/mol. The molecule has 12 nitrogen and oxygen atoms in total. The number of hydrogen-bond donors (Lipinski definition) is 3. The summed E-state index contributed by atoms with van der Waals surface area (Å²) in [6.45, 7) is 3.81. The molecular formula is C52H42N8O4S2. The molecule has 0 saturated heterocycles. The van der Waals surface area contributed by atoms with Crippen molar-refractivity contribution < 1.29 is 19.1 Å². The van der Waals surface area contributed by atoms with Gasteiger partial charge in [-0.2, -0.15) is 14.9 Å². The van der Waals surface area contributed by atoms with Crippen LogP contribution in [0.2, 0.25) is 0 Å². The number of ether oxygens (including phenoxy) is 2. The Morgan fingerprint density at radius 3 is 2.03 bits per heavy atom. The Hall–Kier alpha value is -8.20. The number of thiazole rings is 2. The molecule has 0 unspecified atom stereocenters. The highest BCUT2D eigenvalue weighted by Crippen LogP contribution is 2.32. The van der Waals surface area contributed by atoms with E-state index in [2.05, 4.69) is 54.9 Å². The summed E-state index contributed by atoms with van der Waals surface area (Å²) >= 11 is 2.65. The highest BCUT2D eigenvalue weighted by molar-refractivity contribution is 7.13. The zero-order valence-electron chi connectivity index (χ0n) is 35.8. The number of aromatic amines is 1. The molecule has 4 aromatic heterocycles. The first-order chi connectivity index (χ1) is 32.2. The van der Waals surface area contributed by atoms with E-state index in [1.54, 1.807) is 42.7 Å². The van der Waals surface area contributed by atoms with Crippen molar-refractivity contribution in [2.75, 3.05) is 11.1 Å². The molecule has 66 heavy (non-hydrogen) atoms. The van der Waals surface area contributed by atoms with Crippen LogP contribution in [0.1, 0.15) is 69.6 Å².